The number of carbonyl (C=O) groups is 5. The van der Waals surface area contributed by atoms with Crippen LogP contribution in [0.2, 0.25) is 0 Å². The number of hydroxylamine groups is 2. The third-order valence-electron chi connectivity index (χ3n) is 7.80. The van der Waals surface area contributed by atoms with Crippen LogP contribution in [0.25, 0.3) is 0 Å². The molecule has 0 aromatic heterocycles. The molecule has 0 aliphatic rings. The van der Waals surface area contributed by atoms with E-state index in [4.69, 9.17) is 56.9 Å². The summed E-state index contributed by atoms with van der Waals surface area (Å²) in [7, 11) is 1.56. The zero-order chi connectivity index (χ0) is 44.2. The normalized spacial score (nSPS) is 11.7. The fraction of sp³-hybridized carbons (Fsp3) is 0.872. The maximum absolute atomic E-state index is 12.5. The molecular weight excluding hydrogens is 796 g/mol. The number of alkyl carbamates (subject to hydrolysis) is 1. The van der Waals surface area contributed by atoms with Gasteiger partial charge in [0.2, 0.25) is 18.2 Å². The highest BCUT2D eigenvalue weighted by Gasteiger charge is 2.25. The first kappa shape index (κ1) is 56.9. The van der Waals surface area contributed by atoms with Crippen molar-refractivity contribution >= 4 is 30.6 Å². The van der Waals surface area contributed by atoms with Crippen molar-refractivity contribution in [2.24, 2.45) is 11.8 Å². The standard InChI is InChI=1S/C39H74N4O17/c1-5-9-43(34-45)60-12-8-41-39(48)59-32-31-58-30-29-57-28-27-56-26-25-55-24-23-54-22-21-53-20-19-52-18-17-51-16-15-50-14-13-49-11-7-40-37(46)33-42(4)38(47)36(6-10-44)35(2)3/h10,34-36H,5-9,11-33H2,1-4H3,(H,40,46)(H,41,48). The van der Waals surface area contributed by atoms with E-state index in [1.165, 1.54) is 9.96 Å². The van der Waals surface area contributed by atoms with Crippen LogP contribution in [0.15, 0.2) is 0 Å². The van der Waals surface area contributed by atoms with Crippen molar-refractivity contribution in [1.29, 1.82) is 0 Å². The highest BCUT2D eigenvalue weighted by molar-refractivity contribution is 5.86. The van der Waals surface area contributed by atoms with Crippen LogP contribution in [0.1, 0.15) is 33.6 Å². The summed E-state index contributed by atoms with van der Waals surface area (Å²) in [5.74, 6) is -0.928. The van der Waals surface area contributed by atoms with E-state index in [0.717, 1.165) is 12.7 Å². The van der Waals surface area contributed by atoms with Gasteiger partial charge < -0.3 is 72.4 Å². The molecular formula is C39H74N4O17. The average molecular weight is 871 g/mol. The zero-order valence-electron chi connectivity index (χ0n) is 36.4. The second-order valence-electron chi connectivity index (χ2n) is 13.1. The minimum atomic E-state index is -0.586. The molecule has 352 valence electrons. The summed E-state index contributed by atoms with van der Waals surface area (Å²) < 4.78 is 59.5. The maximum Gasteiger partial charge on any atom is 0.407 e. The molecule has 0 saturated heterocycles. The Morgan fingerprint density at radius 3 is 1.30 bits per heavy atom. The Kier molecular flexibility index (Phi) is 41.7. The summed E-state index contributed by atoms with van der Waals surface area (Å²) in [4.78, 5) is 64.3. The summed E-state index contributed by atoms with van der Waals surface area (Å²) in [5.41, 5.74) is 0. The molecule has 0 aliphatic heterocycles. The van der Waals surface area contributed by atoms with Crippen LogP contribution in [0.4, 0.5) is 4.79 Å². The lowest BCUT2D eigenvalue weighted by molar-refractivity contribution is -0.171. The van der Waals surface area contributed by atoms with E-state index in [0.29, 0.717) is 145 Å². The molecule has 60 heavy (non-hydrogen) atoms. The number of rotatable bonds is 46. The van der Waals surface area contributed by atoms with Crippen LogP contribution in [0, 0.1) is 11.8 Å². The molecule has 0 radical (unpaired) electrons. The lowest BCUT2D eigenvalue weighted by Gasteiger charge is -2.24. The molecule has 4 amide bonds. The van der Waals surface area contributed by atoms with Crippen molar-refractivity contribution in [3.05, 3.63) is 0 Å². The van der Waals surface area contributed by atoms with Crippen molar-refractivity contribution in [1.82, 2.24) is 20.6 Å². The molecule has 0 spiro atoms. The van der Waals surface area contributed by atoms with Gasteiger partial charge in [0.25, 0.3) is 0 Å². The molecule has 0 fully saturated rings. The molecule has 0 bridgehead atoms. The van der Waals surface area contributed by atoms with E-state index in [1.54, 1.807) is 7.05 Å². The maximum atomic E-state index is 12.5. The lowest BCUT2D eigenvalue weighted by atomic mass is 9.92. The number of carbonyl (C=O) groups excluding carboxylic acids is 5. The number of hydrogen-bond acceptors (Lipinski definition) is 17. The Bertz CT molecular complexity index is 1030. The minimum absolute atomic E-state index is 0.00974. The van der Waals surface area contributed by atoms with Gasteiger partial charge in [0.15, 0.2) is 0 Å². The van der Waals surface area contributed by atoms with E-state index in [-0.39, 0.29) is 57.1 Å². The van der Waals surface area contributed by atoms with Crippen LogP contribution >= 0.6 is 0 Å². The van der Waals surface area contributed by atoms with Gasteiger partial charge in [-0.15, -0.1) is 0 Å². The number of likely N-dealkylation sites (N-methyl/N-ethyl adjacent to an activating group) is 1. The molecule has 21 heteroatoms. The van der Waals surface area contributed by atoms with Crippen molar-refractivity contribution in [2.75, 3.05) is 179 Å². The van der Waals surface area contributed by atoms with Crippen molar-refractivity contribution in [2.45, 2.75) is 33.6 Å². The number of nitrogens with one attached hydrogen (secondary N) is 2. The van der Waals surface area contributed by atoms with E-state index in [1.807, 2.05) is 20.8 Å². The van der Waals surface area contributed by atoms with E-state index < -0.39 is 12.0 Å². The molecule has 0 rings (SSSR count). The predicted molar refractivity (Wildman–Crippen MR) is 216 cm³/mol. The minimum Gasteiger partial charge on any atom is -0.447 e. The van der Waals surface area contributed by atoms with Gasteiger partial charge in [-0.2, -0.15) is 0 Å². The van der Waals surface area contributed by atoms with Gasteiger partial charge in [-0.1, -0.05) is 20.8 Å². The first-order valence-electron chi connectivity index (χ1n) is 20.7. The Hall–Kier alpha value is -3.09. The second-order valence-corrected chi connectivity index (χ2v) is 13.1. The van der Waals surface area contributed by atoms with Gasteiger partial charge in [0, 0.05) is 39.0 Å². The average Bonchev–Trinajstić information content (AvgIpc) is 3.23. The molecule has 2 N–H and O–H groups in total. The van der Waals surface area contributed by atoms with E-state index in [9.17, 15) is 24.0 Å². The molecule has 0 aromatic carbocycles. The summed E-state index contributed by atoms with van der Waals surface area (Å²) in [6.07, 6.45) is 1.66. The number of amides is 4. The third-order valence-corrected chi connectivity index (χ3v) is 7.80. The highest BCUT2D eigenvalue weighted by atomic mass is 16.7. The third kappa shape index (κ3) is 37.9. The highest BCUT2D eigenvalue weighted by Crippen LogP contribution is 2.16. The van der Waals surface area contributed by atoms with Crippen LogP contribution in [-0.2, 0) is 76.1 Å². The largest absolute Gasteiger partial charge is 0.447 e. The van der Waals surface area contributed by atoms with E-state index in [2.05, 4.69) is 10.6 Å². The zero-order valence-corrected chi connectivity index (χ0v) is 36.4. The van der Waals surface area contributed by atoms with Crippen molar-refractivity contribution in [3.8, 4) is 0 Å². The Balaban J connectivity index is 3.29. The van der Waals surface area contributed by atoms with Gasteiger partial charge in [0.05, 0.1) is 145 Å². The number of ether oxygens (including phenoxy) is 11. The summed E-state index contributed by atoms with van der Waals surface area (Å²) in [6.45, 7) is 15.2. The second kappa shape index (κ2) is 44.0. The lowest BCUT2D eigenvalue weighted by Crippen LogP contribution is -2.42. The van der Waals surface area contributed by atoms with Crippen molar-refractivity contribution < 1.29 is 80.9 Å². The number of nitrogens with zero attached hydrogens (tertiary/aromatic N) is 2. The molecule has 1 atom stereocenters. The topological polar surface area (TPSA) is 227 Å². The number of hydrogen-bond donors (Lipinski definition) is 2. The van der Waals surface area contributed by atoms with Crippen LogP contribution < -0.4 is 10.6 Å². The molecule has 1 unspecified atom stereocenters. The fourth-order valence-corrected chi connectivity index (χ4v) is 4.67. The Morgan fingerprint density at radius 2 is 0.933 bits per heavy atom. The molecule has 0 aromatic rings. The molecule has 0 aliphatic carbocycles. The predicted octanol–water partition coefficient (Wildman–Crippen LogP) is 0.114. The van der Waals surface area contributed by atoms with Gasteiger partial charge >= 0.3 is 6.09 Å². The SMILES string of the molecule is CCCN(C=O)OCCNC(=O)OCCOCCOCCOCCOCCOCCOCCOCCOCCOCCOCCNC(=O)CN(C)C(=O)C(CC=O)C(C)C. The summed E-state index contributed by atoms with van der Waals surface area (Å²) >= 11 is 0. The van der Waals surface area contributed by atoms with Crippen LogP contribution in [0.5, 0.6) is 0 Å². The fourth-order valence-electron chi connectivity index (χ4n) is 4.67. The van der Waals surface area contributed by atoms with Crippen LogP contribution in [-0.4, -0.2) is 219 Å². The number of aldehydes is 1. The van der Waals surface area contributed by atoms with Crippen molar-refractivity contribution in [3.63, 3.8) is 0 Å². The smallest absolute Gasteiger partial charge is 0.407 e. The first-order chi connectivity index (χ1) is 29.3. The van der Waals surface area contributed by atoms with Gasteiger partial charge in [-0.05, 0) is 12.3 Å². The Labute approximate surface area is 355 Å². The van der Waals surface area contributed by atoms with Crippen LogP contribution in [0.3, 0.4) is 0 Å². The quantitative estimate of drug-likeness (QED) is 0.0470. The molecule has 0 heterocycles. The molecule has 21 nitrogen and oxygen atoms in total. The van der Waals surface area contributed by atoms with Gasteiger partial charge in [0.1, 0.15) is 12.9 Å². The summed E-state index contributed by atoms with van der Waals surface area (Å²) in [5, 5.41) is 6.42. The van der Waals surface area contributed by atoms with Gasteiger partial charge in [-0.3, -0.25) is 19.2 Å². The van der Waals surface area contributed by atoms with Gasteiger partial charge in [-0.25, -0.2) is 9.86 Å². The first-order valence-corrected chi connectivity index (χ1v) is 20.7. The van der Waals surface area contributed by atoms with E-state index >= 15 is 0 Å². The molecule has 0 saturated carbocycles. The Morgan fingerprint density at radius 1 is 0.550 bits per heavy atom. The monoisotopic (exact) mass is 871 g/mol. The summed E-state index contributed by atoms with van der Waals surface area (Å²) in [6, 6.07) is 0.